The fraction of sp³-hybridized carbons (Fsp3) is 0.364. The van der Waals surface area contributed by atoms with E-state index >= 15 is 0 Å². The number of ether oxygens (including phenoxy) is 2. The van der Waals surface area contributed by atoms with Crippen LogP contribution >= 0.6 is 0 Å². The van der Waals surface area contributed by atoms with Crippen molar-refractivity contribution in [1.29, 1.82) is 0 Å². The zero-order valence-corrected chi connectivity index (χ0v) is 8.97. The highest BCUT2D eigenvalue weighted by Gasteiger charge is 2.17. The first-order valence-electron chi connectivity index (χ1n) is 5.06. The Bertz CT molecular complexity index is 412. The maximum absolute atomic E-state index is 11.9. The third-order valence-electron chi connectivity index (χ3n) is 2.24. The van der Waals surface area contributed by atoms with E-state index in [1.807, 2.05) is 0 Å². The second kappa shape index (κ2) is 4.74. The zero-order valence-electron chi connectivity index (χ0n) is 8.97. The Morgan fingerprint density at radius 1 is 1.44 bits per heavy atom. The van der Waals surface area contributed by atoms with Crippen LogP contribution < -0.4 is 4.74 Å². The Labute approximate surface area is 93.1 Å². The predicted molar refractivity (Wildman–Crippen MR) is 56.2 cm³/mol. The molecule has 1 aliphatic rings. The third-order valence-corrected chi connectivity index (χ3v) is 2.24. The van der Waals surface area contributed by atoms with Gasteiger partial charge in [0, 0.05) is 6.07 Å². The van der Waals surface area contributed by atoms with Gasteiger partial charge in [-0.2, -0.15) is 0 Å². The molecule has 16 heavy (non-hydrogen) atoms. The van der Waals surface area contributed by atoms with Gasteiger partial charge in [0.25, 0.3) is 0 Å². The topological polar surface area (TPSA) is 61.3 Å². The first kappa shape index (κ1) is 10.6. The molecule has 1 aliphatic heterocycles. The van der Waals surface area contributed by atoms with Crippen LogP contribution in [0.15, 0.2) is 24.0 Å². The molecule has 0 atom stereocenters. The highest BCUT2D eigenvalue weighted by molar-refractivity contribution is 6.05. The lowest BCUT2D eigenvalue weighted by molar-refractivity contribution is 0.0893. The molecule has 0 radical (unpaired) electrons. The van der Waals surface area contributed by atoms with Gasteiger partial charge in [-0.25, -0.2) is 0 Å². The number of aromatic nitrogens is 2. The van der Waals surface area contributed by atoms with E-state index in [1.54, 1.807) is 18.2 Å². The van der Waals surface area contributed by atoms with Crippen molar-refractivity contribution < 1.29 is 14.3 Å². The Morgan fingerprint density at radius 2 is 2.31 bits per heavy atom. The summed E-state index contributed by atoms with van der Waals surface area (Å²) in [4.78, 5) is 11.9. The van der Waals surface area contributed by atoms with Gasteiger partial charge in [0.05, 0.1) is 13.7 Å². The largest absolute Gasteiger partial charge is 0.490 e. The monoisotopic (exact) mass is 220 g/mol. The van der Waals surface area contributed by atoms with Crippen LogP contribution in [0, 0.1) is 0 Å². The molecule has 2 rings (SSSR count). The summed E-state index contributed by atoms with van der Waals surface area (Å²) < 4.78 is 10.1. The number of carbonyl (C=O) groups is 1. The van der Waals surface area contributed by atoms with E-state index in [0.717, 1.165) is 12.8 Å². The summed E-state index contributed by atoms with van der Waals surface area (Å²) >= 11 is 0. The quantitative estimate of drug-likeness (QED) is 0.720. The molecule has 0 amide bonds. The van der Waals surface area contributed by atoms with Crippen LogP contribution in [0.5, 0.6) is 5.88 Å². The van der Waals surface area contributed by atoms with Crippen molar-refractivity contribution in [1.82, 2.24) is 10.2 Å². The fourth-order valence-corrected chi connectivity index (χ4v) is 1.39. The molecule has 1 aromatic rings. The summed E-state index contributed by atoms with van der Waals surface area (Å²) in [5, 5.41) is 7.52. The highest BCUT2D eigenvalue weighted by Crippen LogP contribution is 2.15. The van der Waals surface area contributed by atoms with Gasteiger partial charge < -0.3 is 9.47 Å². The molecule has 0 bridgehead atoms. The van der Waals surface area contributed by atoms with Crippen LogP contribution in [-0.4, -0.2) is 29.7 Å². The van der Waals surface area contributed by atoms with E-state index in [4.69, 9.17) is 9.47 Å². The summed E-state index contributed by atoms with van der Waals surface area (Å²) in [5.74, 6) is 0.524. The molecule has 0 saturated heterocycles. The molecule has 0 spiro atoms. The number of rotatable bonds is 3. The minimum atomic E-state index is -0.227. The predicted octanol–water partition coefficient (Wildman–Crippen LogP) is 1.36. The summed E-state index contributed by atoms with van der Waals surface area (Å²) in [7, 11) is 1.50. The average Bonchev–Trinajstić information content (AvgIpc) is 2.39. The van der Waals surface area contributed by atoms with Gasteiger partial charge >= 0.3 is 0 Å². The van der Waals surface area contributed by atoms with E-state index in [1.165, 1.54) is 7.11 Å². The van der Waals surface area contributed by atoms with Crippen molar-refractivity contribution in [3.8, 4) is 5.88 Å². The van der Waals surface area contributed by atoms with Crippen molar-refractivity contribution >= 4 is 5.78 Å². The van der Waals surface area contributed by atoms with Crippen molar-refractivity contribution in [3.05, 3.63) is 29.7 Å². The van der Waals surface area contributed by atoms with Crippen LogP contribution in [0.3, 0.4) is 0 Å². The van der Waals surface area contributed by atoms with Crippen molar-refractivity contribution in [3.63, 3.8) is 0 Å². The molecule has 0 fully saturated rings. The molecular formula is C11H12N2O3. The van der Waals surface area contributed by atoms with E-state index in [9.17, 15) is 4.79 Å². The molecule has 0 saturated carbocycles. The normalized spacial score (nSPS) is 14.9. The Kier molecular flexibility index (Phi) is 3.14. The van der Waals surface area contributed by atoms with Crippen LogP contribution in [0.25, 0.3) is 0 Å². The molecule has 0 unspecified atom stereocenters. The molecule has 5 nitrogen and oxygen atoms in total. The van der Waals surface area contributed by atoms with E-state index in [2.05, 4.69) is 10.2 Å². The summed E-state index contributed by atoms with van der Waals surface area (Å²) in [6.45, 7) is 0.584. The number of nitrogens with zero attached hydrogens (tertiary/aromatic N) is 2. The minimum Gasteiger partial charge on any atom is -0.490 e. The molecular weight excluding hydrogens is 208 g/mol. The summed E-state index contributed by atoms with van der Waals surface area (Å²) in [5.41, 5.74) is 0.272. The minimum absolute atomic E-state index is 0.227. The number of hydrogen-bond donors (Lipinski definition) is 0. The van der Waals surface area contributed by atoms with Gasteiger partial charge in [0.2, 0.25) is 11.7 Å². The number of Topliss-reactive ketones (excluding diaryl/α,β-unsaturated/α-hetero) is 1. The smallest absolute Gasteiger partial charge is 0.247 e. The summed E-state index contributed by atoms with van der Waals surface area (Å²) in [6.07, 6.45) is 3.60. The first-order chi connectivity index (χ1) is 7.81. The molecule has 0 aliphatic carbocycles. The van der Waals surface area contributed by atoms with Gasteiger partial charge in [-0.1, -0.05) is 0 Å². The zero-order chi connectivity index (χ0) is 11.4. The lowest BCUT2D eigenvalue weighted by Gasteiger charge is -2.12. The molecule has 1 aromatic heterocycles. The number of carbonyl (C=O) groups excluding carboxylic acids is 1. The fourth-order valence-electron chi connectivity index (χ4n) is 1.39. The number of methoxy groups -OCH3 is 1. The van der Waals surface area contributed by atoms with E-state index in [0.29, 0.717) is 18.2 Å². The molecule has 5 heteroatoms. The number of hydrogen-bond acceptors (Lipinski definition) is 5. The molecule has 0 N–H and O–H groups in total. The van der Waals surface area contributed by atoms with E-state index in [-0.39, 0.29) is 11.5 Å². The Hall–Kier alpha value is -1.91. The van der Waals surface area contributed by atoms with Crippen LogP contribution in [0.2, 0.25) is 0 Å². The Morgan fingerprint density at radius 3 is 2.88 bits per heavy atom. The van der Waals surface area contributed by atoms with Crippen LogP contribution in [0.1, 0.15) is 23.3 Å². The lowest BCUT2D eigenvalue weighted by Crippen LogP contribution is -2.13. The van der Waals surface area contributed by atoms with E-state index < -0.39 is 0 Å². The number of allylic oxidation sites excluding steroid dienone is 2. The van der Waals surface area contributed by atoms with Crippen molar-refractivity contribution in [2.45, 2.75) is 12.8 Å². The molecule has 84 valence electrons. The maximum Gasteiger partial charge on any atom is 0.247 e. The van der Waals surface area contributed by atoms with Gasteiger partial charge in [-0.15, -0.1) is 10.2 Å². The van der Waals surface area contributed by atoms with Crippen LogP contribution in [-0.2, 0) is 4.74 Å². The Balaban J connectivity index is 2.16. The average molecular weight is 220 g/mol. The SMILES string of the molecule is COc1ccc(C(=O)C2=CCCCO2)nn1. The third kappa shape index (κ3) is 2.18. The highest BCUT2D eigenvalue weighted by atomic mass is 16.5. The van der Waals surface area contributed by atoms with Crippen molar-refractivity contribution in [2.75, 3.05) is 13.7 Å². The van der Waals surface area contributed by atoms with Gasteiger partial charge in [-0.3, -0.25) is 4.79 Å². The molecule has 2 heterocycles. The summed E-state index contributed by atoms with van der Waals surface area (Å²) in [6, 6.07) is 3.18. The first-order valence-corrected chi connectivity index (χ1v) is 5.06. The standard InChI is InChI=1S/C11H12N2O3/c1-15-10-6-5-8(12-13-10)11(14)9-4-2-3-7-16-9/h4-6H,2-3,7H2,1H3. The number of ketones is 1. The lowest BCUT2D eigenvalue weighted by atomic mass is 10.1. The van der Waals surface area contributed by atoms with Gasteiger partial charge in [0.1, 0.15) is 5.69 Å². The van der Waals surface area contributed by atoms with Gasteiger partial charge in [-0.05, 0) is 25.0 Å². The second-order valence-electron chi connectivity index (χ2n) is 3.35. The van der Waals surface area contributed by atoms with Gasteiger partial charge in [0.15, 0.2) is 5.76 Å². The maximum atomic E-state index is 11.9. The molecule has 0 aromatic carbocycles. The van der Waals surface area contributed by atoms with Crippen molar-refractivity contribution in [2.24, 2.45) is 0 Å². The van der Waals surface area contributed by atoms with Crippen LogP contribution in [0.4, 0.5) is 0 Å². The second-order valence-corrected chi connectivity index (χ2v) is 3.35.